The smallest absolute Gasteiger partial charge is 0.229 e. The Kier molecular flexibility index (Phi) is 5.98. The van der Waals surface area contributed by atoms with Crippen LogP contribution in [0, 0.1) is 0 Å². The van der Waals surface area contributed by atoms with E-state index in [4.69, 9.17) is 0 Å². The Bertz CT molecular complexity index is 324. The van der Waals surface area contributed by atoms with Crippen molar-refractivity contribution in [1.29, 1.82) is 0 Å². The van der Waals surface area contributed by atoms with Crippen molar-refractivity contribution in [1.82, 2.24) is 15.1 Å². The molecule has 1 N–H and O–H groups in total. The highest BCUT2D eigenvalue weighted by atomic mass is 16.2. The lowest BCUT2D eigenvalue weighted by molar-refractivity contribution is -0.138. The lowest BCUT2D eigenvalue weighted by atomic mass is 10.2. The SMILES string of the molecule is CCCCN(CCN1C(=O)CCC1=O)CC1CCCN1. The molecule has 1 unspecified atom stereocenters. The topological polar surface area (TPSA) is 52.7 Å². The summed E-state index contributed by atoms with van der Waals surface area (Å²) in [5.74, 6) is 0.00821. The zero-order chi connectivity index (χ0) is 14.4. The number of likely N-dealkylation sites (tertiary alicyclic amines) is 1. The maximum atomic E-state index is 11.6. The summed E-state index contributed by atoms with van der Waals surface area (Å²) in [5, 5.41) is 3.52. The van der Waals surface area contributed by atoms with Crippen LogP contribution in [0.25, 0.3) is 0 Å². The van der Waals surface area contributed by atoms with Gasteiger partial charge in [-0.2, -0.15) is 0 Å². The zero-order valence-corrected chi connectivity index (χ0v) is 12.6. The third-order valence-electron chi connectivity index (χ3n) is 4.26. The van der Waals surface area contributed by atoms with E-state index < -0.39 is 0 Å². The maximum absolute atomic E-state index is 11.6. The molecule has 2 heterocycles. The van der Waals surface area contributed by atoms with E-state index in [1.54, 1.807) is 0 Å². The van der Waals surface area contributed by atoms with E-state index in [2.05, 4.69) is 17.1 Å². The number of hydrogen-bond acceptors (Lipinski definition) is 4. The number of hydrogen-bond donors (Lipinski definition) is 1. The van der Waals surface area contributed by atoms with Gasteiger partial charge in [0.15, 0.2) is 0 Å². The van der Waals surface area contributed by atoms with Gasteiger partial charge in [-0.1, -0.05) is 13.3 Å². The van der Waals surface area contributed by atoms with Crippen molar-refractivity contribution < 1.29 is 9.59 Å². The van der Waals surface area contributed by atoms with Crippen LogP contribution in [0.5, 0.6) is 0 Å². The minimum absolute atomic E-state index is 0.00410. The number of nitrogens with one attached hydrogen (secondary N) is 1. The van der Waals surface area contributed by atoms with Crippen molar-refractivity contribution in [2.45, 2.75) is 51.5 Å². The summed E-state index contributed by atoms with van der Waals surface area (Å²) in [6.07, 6.45) is 5.65. The first-order valence-electron chi connectivity index (χ1n) is 7.99. The monoisotopic (exact) mass is 281 g/mol. The van der Waals surface area contributed by atoms with Gasteiger partial charge in [-0.25, -0.2) is 0 Å². The molecule has 0 aromatic carbocycles. The molecule has 5 heteroatoms. The van der Waals surface area contributed by atoms with E-state index in [0.717, 1.165) is 26.2 Å². The number of rotatable bonds is 8. The standard InChI is InChI=1S/C15H27N3O2/c1-2-3-9-17(12-13-5-4-8-16-13)10-11-18-14(19)6-7-15(18)20/h13,16H,2-12H2,1H3. The molecular weight excluding hydrogens is 254 g/mol. The summed E-state index contributed by atoms with van der Waals surface area (Å²) >= 11 is 0. The van der Waals surface area contributed by atoms with Crippen molar-refractivity contribution in [2.24, 2.45) is 0 Å². The van der Waals surface area contributed by atoms with Gasteiger partial charge in [0, 0.05) is 38.5 Å². The Morgan fingerprint density at radius 2 is 2.00 bits per heavy atom. The van der Waals surface area contributed by atoms with Crippen molar-refractivity contribution in [3.8, 4) is 0 Å². The number of carbonyl (C=O) groups excluding carboxylic acids is 2. The number of nitrogens with zero attached hydrogens (tertiary/aromatic N) is 2. The molecule has 5 nitrogen and oxygen atoms in total. The first-order valence-corrected chi connectivity index (χ1v) is 7.99. The molecule has 2 amide bonds. The third kappa shape index (κ3) is 4.28. The highest BCUT2D eigenvalue weighted by Crippen LogP contribution is 2.12. The first kappa shape index (κ1) is 15.4. The second kappa shape index (κ2) is 7.74. The fraction of sp³-hybridized carbons (Fsp3) is 0.867. The van der Waals surface area contributed by atoms with Gasteiger partial charge in [-0.05, 0) is 32.4 Å². The van der Waals surface area contributed by atoms with Crippen LogP contribution >= 0.6 is 0 Å². The molecule has 0 aromatic rings. The van der Waals surface area contributed by atoms with Crippen LogP contribution in [0.15, 0.2) is 0 Å². The maximum Gasteiger partial charge on any atom is 0.229 e. The summed E-state index contributed by atoms with van der Waals surface area (Å²) in [7, 11) is 0. The normalized spacial score (nSPS) is 23.3. The summed E-state index contributed by atoms with van der Waals surface area (Å²) < 4.78 is 0. The number of amides is 2. The predicted molar refractivity (Wildman–Crippen MR) is 78.3 cm³/mol. The molecule has 2 aliphatic heterocycles. The fourth-order valence-electron chi connectivity index (χ4n) is 3.01. The average molecular weight is 281 g/mol. The van der Waals surface area contributed by atoms with Crippen LogP contribution < -0.4 is 5.32 Å². The Morgan fingerprint density at radius 3 is 2.60 bits per heavy atom. The highest BCUT2D eigenvalue weighted by Gasteiger charge is 2.29. The molecule has 0 aromatic heterocycles. The second-order valence-electron chi connectivity index (χ2n) is 5.89. The van der Waals surface area contributed by atoms with Crippen molar-refractivity contribution in [3.63, 3.8) is 0 Å². The van der Waals surface area contributed by atoms with Crippen LogP contribution in [0.1, 0.15) is 45.4 Å². The van der Waals surface area contributed by atoms with Gasteiger partial charge in [0.05, 0.1) is 0 Å². The van der Waals surface area contributed by atoms with Gasteiger partial charge in [-0.3, -0.25) is 14.5 Å². The van der Waals surface area contributed by atoms with Crippen LogP contribution in [0.3, 0.4) is 0 Å². The number of imide groups is 1. The summed E-state index contributed by atoms with van der Waals surface area (Å²) in [6, 6.07) is 0.580. The van der Waals surface area contributed by atoms with Gasteiger partial charge in [-0.15, -0.1) is 0 Å². The lowest BCUT2D eigenvalue weighted by Gasteiger charge is -2.27. The predicted octanol–water partition coefficient (Wildman–Crippen LogP) is 0.990. The lowest BCUT2D eigenvalue weighted by Crippen LogP contribution is -2.43. The third-order valence-corrected chi connectivity index (χ3v) is 4.26. The van der Waals surface area contributed by atoms with Crippen molar-refractivity contribution >= 4 is 11.8 Å². The van der Waals surface area contributed by atoms with Gasteiger partial charge >= 0.3 is 0 Å². The van der Waals surface area contributed by atoms with E-state index in [9.17, 15) is 9.59 Å². The molecule has 0 spiro atoms. The van der Waals surface area contributed by atoms with Crippen LogP contribution in [-0.4, -0.2) is 60.4 Å². The minimum atomic E-state index is 0.00410. The summed E-state index contributed by atoms with van der Waals surface area (Å²) in [4.78, 5) is 27.1. The van der Waals surface area contributed by atoms with Crippen LogP contribution in [0.4, 0.5) is 0 Å². The highest BCUT2D eigenvalue weighted by molar-refractivity contribution is 6.01. The molecule has 20 heavy (non-hydrogen) atoms. The molecule has 0 bridgehead atoms. The number of carbonyl (C=O) groups is 2. The zero-order valence-electron chi connectivity index (χ0n) is 12.6. The van der Waals surface area contributed by atoms with E-state index in [1.165, 1.54) is 30.6 Å². The van der Waals surface area contributed by atoms with E-state index >= 15 is 0 Å². The van der Waals surface area contributed by atoms with Gasteiger partial charge in [0.1, 0.15) is 0 Å². The van der Waals surface area contributed by atoms with Crippen LogP contribution in [-0.2, 0) is 9.59 Å². The molecule has 2 saturated heterocycles. The quantitative estimate of drug-likeness (QED) is 0.674. The first-order chi connectivity index (χ1) is 9.70. The number of unbranched alkanes of at least 4 members (excludes halogenated alkanes) is 1. The Balaban J connectivity index is 1.79. The van der Waals surface area contributed by atoms with Crippen molar-refractivity contribution in [2.75, 3.05) is 32.7 Å². The summed E-state index contributed by atoms with van der Waals surface area (Å²) in [5.41, 5.74) is 0. The molecule has 1 atom stereocenters. The molecule has 2 fully saturated rings. The minimum Gasteiger partial charge on any atom is -0.313 e. The van der Waals surface area contributed by atoms with Crippen molar-refractivity contribution in [3.05, 3.63) is 0 Å². The molecule has 0 saturated carbocycles. The van der Waals surface area contributed by atoms with Crippen LogP contribution in [0.2, 0.25) is 0 Å². The molecule has 2 rings (SSSR count). The molecular formula is C15H27N3O2. The Hall–Kier alpha value is -0.940. The molecule has 0 aliphatic carbocycles. The van der Waals surface area contributed by atoms with Gasteiger partial charge in [0.25, 0.3) is 0 Å². The average Bonchev–Trinajstić information content (AvgIpc) is 3.05. The Labute approximate surface area is 121 Å². The Morgan fingerprint density at radius 1 is 1.25 bits per heavy atom. The van der Waals surface area contributed by atoms with Gasteiger partial charge in [0.2, 0.25) is 11.8 Å². The van der Waals surface area contributed by atoms with E-state index in [0.29, 0.717) is 25.4 Å². The summed E-state index contributed by atoms with van der Waals surface area (Å²) in [6.45, 7) is 6.79. The largest absolute Gasteiger partial charge is 0.313 e. The molecule has 2 aliphatic rings. The van der Waals surface area contributed by atoms with Gasteiger partial charge < -0.3 is 10.2 Å². The van der Waals surface area contributed by atoms with E-state index in [1.807, 2.05) is 0 Å². The second-order valence-corrected chi connectivity index (χ2v) is 5.89. The molecule has 0 radical (unpaired) electrons. The molecule has 114 valence electrons. The van der Waals surface area contributed by atoms with E-state index in [-0.39, 0.29) is 11.8 Å². The fourth-order valence-corrected chi connectivity index (χ4v) is 3.01.